The summed E-state index contributed by atoms with van der Waals surface area (Å²) in [6.07, 6.45) is 0.455. The highest BCUT2D eigenvalue weighted by Crippen LogP contribution is 2.23. The van der Waals surface area contributed by atoms with Crippen molar-refractivity contribution < 1.29 is 9.13 Å². The Kier molecular flexibility index (Phi) is 4.43. The van der Waals surface area contributed by atoms with Crippen LogP contribution in [0.5, 0.6) is 5.75 Å². The molecule has 2 N–H and O–H groups in total. The number of hydrogen-bond acceptors (Lipinski definition) is 2. The number of benzene rings is 1. The lowest BCUT2D eigenvalue weighted by Gasteiger charge is -2.08. The molecule has 1 rings (SSSR count). The van der Waals surface area contributed by atoms with Gasteiger partial charge in [-0.25, -0.2) is 4.39 Å². The van der Waals surface area contributed by atoms with E-state index in [0.717, 1.165) is 0 Å². The fourth-order valence-corrected chi connectivity index (χ4v) is 1.06. The highest BCUT2D eigenvalue weighted by molar-refractivity contribution is 6.32. The number of halogens is 2. The Morgan fingerprint density at radius 2 is 2.21 bits per heavy atom. The van der Waals surface area contributed by atoms with Crippen LogP contribution in [0.2, 0.25) is 5.02 Å². The molecule has 0 amide bonds. The van der Waals surface area contributed by atoms with Crippen LogP contribution in [0, 0.1) is 0 Å². The minimum absolute atomic E-state index is 0.122. The minimum atomic E-state index is 0.122. The quantitative estimate of drug-likeness (QED) is 0.838. The molecule has 0 bridgehead atoms. The van der Waals surface area contributed by atoms with Crippen molar-refractivity contribution in [2.45, 2.75) is 0 Å². The lowest BCUT2D eigenvalue weighted by atomic mass is 10.3. The van der Waals surface area contributed by atoms with Crippen molar-refractivity contribution >= 4 is 11.6 Å². The van der Waals surface area contributed by atoms with Gasteiger partial charge in [-0.3, -0.25) is 0 Å². The van der Waals surface area contributed by atoms with Gasteiger partial charge < -0.3 is 10.5 Å². The average molecular weight is 216 g/mol. The van der Waals surface area contributed by atoms with Crippen LogP contribution in [-0.2, 0) is 0 Å². The first-order valence-corrected chi connectivity index (χ1v) is 4.51. The Labute approximate surface area is 87.1 Å². The first-order chi connectivity index (χ1) is 6.77. The molecule has 0 fully saturated rings. The van der Waals surface area contributed by atoms with Crippen molar-refractivity contribution in [1.82, 2.24) is 0 Å². The van der Waals surface area contributed by atoms with E-state index in [-0.39, 0.29) is 13.2 Å². The Balaban J connectivity index is 2.58. The second-order valence-electron chi connectivity index (χ2n) is 2.69. The first kappa shape index (κ1) is 11.0. The summed E-state index contributed by atoms with van der Waals surface area (Å²) in [5.74, 6) is 0.530. The van der Waals surface area contributed by atoms with E-state index in [0.29, 0.717) is 22.7 Å². The third kappa shape index (κ3) is 3.01. The monoisotopic (exact) mass is 215 g/mol. The molecule has 1 aromatic rings. The molecule has 0 spiro atoms. The zero-order valence-electron chi connectivity index (χ0n) is 7.54. The van der Waals surface area contributed by atoms with Crippen LogP contribution < -0.4 is 10.5 Å². The van der Waals surface area contributed by atoms with Crippen molar-refractivity contribution in [2.75, 3.05) is 13.2 Å². The molecule has 0 aliphatic carbocycles. The van der Waals surface area contributed by atoms with Gasteiger partial charge in [-0.05, 0) is 12.1 Å². The zero-order valence-corrected chi connectivity index (χ0v) is 8.30. The largest absolute Gasteiger partial charge is 0.488 e. The number of ether oxygens (including phenoxy) is 1. The Morgan fingerprint density at radius 3 is 2.79 bits per heavy atom. The normalized spacial score (nSPS) is 11.5. The van der Waals surface area contributed by atoms with E-state index in [2.05, 4.69) is 0 Å². The minimum Gasteiger partial charge on any atom is -0.488 e. The van der Waals surface area contributed by atoms with Gasteiger partial charge in [0.1, 0.15) is 12.4 Å². The molecule has 0 aromatic heterocycles. The summed E-state index contributed by atoms with van der Waals surface area (Å²) in [7, 11) is 0. The Morgan fingerprint density at radius 1 is 1.50 bits per heavy atom. The third-order valence-electron chi connectivity index (χ3n) is 1.67. The summed E-state index contributed by atoms with van der Waals surface area (Å²) < 4.78 is 17.4. The third-order valence-corrected chi connectivity index (χ3v) is 1.98. The maximum absolute atomic E-state index is 12.1. The molecule has 0 saturated carbocycles. The Bertz CT molecular complexity index is 328. The van der Waals surface area contributed by atoms with E-state index in [1.807, 2.05) is 0 Å². The van der Waals surface area contributed by atoms with Crippen LogP contribution in [0.15, 0.2) is 36.2 Å². The fourth-order valence-electron chi connectivity index (χ4n) is 0.867. The van der Waals surface area contributed by atoms with Crippen molar-refractivity contribution in [3.8, 4) is 5.75 Å². The van der Waals surface area contributed by atoms with Gasteiger partial charge in [0, 0.05) is 12.1 Å². The predicted octanol–water partition coefficient (Wildman–Crippen LogP) is 2.53. The van der Waals surface area contributed by atoms with Crippen LogP contribution in [0.1, 0.15) is 0 Å². The highest BCUT2D eigenvalue weighted by Gasteiger charge is 2.01. The van der Waals surface area contributed by atoms with E-state index in [9.17, 15) is 4.39 Å². The average Bonchev–Trinajstić information content (AvgIpc) is 2.22. The molecule has 0 aliphatic heterocycles. The molecule has 76 valence electrons. The van der Waals surface area contributed by atoms with E-state index < -0.39 is 0 Å². The molecule has 2 nitrogen and oxygen atoms in total. The molecule has 0 heterocycles. The molecular formula is C10H11ClFNO. The van der Waals surface area contributed by atoms with Gasteiger partial charge in [0.2, 0.25) is 0 Å². The first-order valence-electron chi connectivity index (χ1n) is 4.13. The van der Waals surface area contributed by atoms with Crippen molar-refractivity contribution in [2.24, 2.45) is 5.73 Å². The summed E-state index contributed by atoms with van der Waals surface area (Å²) >= 11 is 5.82. The zero-order chi connectivity index (χ0) is 10.4. The summed E-state index contributed by atoms with van der Waals surface area (Å²) in [6, 6.07) is 7.01. The summed E-state index contributed by atoms with van der Waals surface area (Å²) in [6.45, 7) is 0.262. The van der Waals surface area contributed by atoms with Gasteiger partial charge in [-0.1, -0.05) is 23.7 Å². The van der Waals surface area contributed by atoms with E-state index >= 15 is 0 Å². The molecule has 0 unspecified atom stereocenters. The van der Waals surface area contributed by atoms with Crippen LogP contribution >= 0.6 is 11.6 Å². The standard InChI is InChI=1S/C10H11ClFNO/c11-9-3-1-2-4-10(9)14-7-8(5-12)6-13/h1-5H,6-7,13H2. The van der Waals surface area contributed by atoms with Gasteiger partial charge in [-0.15, -0.1) is 0 Å². The topological polar surface area (TPSA) is 35.2 Å². The second-order valence-corrected chi connectivity index (χ2v) is 3.10. The number of para-hydroxylation sites is 1. The molecule has 0 radical (unpaired) electrons. The molecule has 1 aromatic carbocycles. The molecule has 14 heavy (non-hydrogen) atoms. The van der Waals surface area contributed by atoms with Crippen molar-refractivity contribution in [1.29, 1.82) is 0 Å². The molecule has 0 atom stereocenters. The van der Waals surface area contributed by atoms with Gasteiger partial charge in [0.15, 0.2) is 0 Å². The fraction of sp³-hybridized carbons (Fsp3) is 0.200. The van der Waals surface area contributed by atoms with Crippen LogP contribution in [-0.4, -0.2) is 13.2 Å². The van der Waals surface area contributed by atoms with Gasteiger partial charge in [0.05, 0.1) is 11.4 Å². The Hall–Kier alpha value is -1.06. The number of nitrogens with two attached hydrogens (primary N) is 1. The highest BCUT2D eigenvalue weighted by atomic mass is 35.5. The molecule has 0 aliphatic rings. The SMILES string of the molecule is NCC(=CF)COc1ccccc1Cl. The summed E-state index contributed by atoms with van der Waals surface area (Å²) in [4.78, 5) is 0. The lowest BCUT2D eigenvalue weighted by molar-refractivity contribution is 0.348. The van der Waals surface area contributed by atoms with E-state index in [1.165, 1.54) is 0 Å². The van der Waals surface area contributed by atoms with Crippen LogP contribution in [0.25, 0.3) is 0 Å². The van der Waals surface area contributed by atoms with Gasteiger partial charge in [0.25, 0.3) is 0 Å². The predicted molar refractivity (Wildman–Crippen MR) is 55.2 cm³/mol. The van der Waals surface area contributed by atoms with E-state index in [4.69, 9.17) is 22.1 Å². The maximum atomic E-state index is 12.1. The van der Waals surface area contributed by atoms with Crippen LogP contribution in [0.3, 0.4) is 0 Å². The summed E-state index contributed by atoms with van der Waals surface area (Å²) in [5.41, 5.74) is 5.66. The molecular weight excluding hydrogens is 205 g/mol. The van der Waals surface area contributed by atoms with E-state index in [1.54, 1.807) is 24.3 Å². The van der Waals surface area contributed by atoms with Crippen molar-refractivity contribution in [3.05, 3.63) is 41.2 Å². The summed E-state index contributed by atoms with van der Waals surface area (Å²) in [5, 5.41) is 0.503. The van der Waals surface area contributed by atoms with Gasteiger partial charge >= 0.3 is 0 Å². The second kappa shape index (κ2) is 5.62. The number of hydrogen-bond donors (Lipinski definition) is 1. The smallest absolute Gasteiger partial charge is 0.138 e. The van der Waals surface area contributed by atoms with Crippen molar-refractivity contribution in [3.63, 3.8) is 0 Å². The molecule has 0 saturated heterocycles. The van der Waals surface area contributed by atoms with Crippen LogP contribution in [0.4, 0.5) is 4.39 Å². The lowest BCUT2D eigenvalue weighted by Crippen LogP contribution is -2.10. The maximum Gasteiger partial charge on any atom is 0.138 e. The molecule has 4 heteroatoms. The number of rotatable bonds is 4. The van der Waals surface area contributed by atoms with Gasteiger partial charge in [-0.2, -0.15) is 0 Å².